The molecule has 0 aromatic carbocycles. The average molecular weight is 251 g/mol. The van der Waals surface area contributed by atoms with Crippen molar-refractivity contribution in [1.82, 2.24) is 15.6 Å². The topological polar surface area (TPSA) is 54.0 Å². The smallest absolute Gasteiger partial charge is 0.247 e. The zero-order valence-electron chi connectivity index (χ0n) is 10.3. The minimum absolute atomic E-state index is 0.00157. The molecular weight excluding hydrogens is 234 g/mol. The molecule has 1 aromatic rings. The van der Waals surface area contributed by atoms with Gasteiger partial charge in [0.05, 0.1) is 5.54 Å². The van der Waals surface area contributed by atoms with Crippen molar-refractivity contribution >= 4 is 17.2 Å². The number of aromatic nitrogens is 1. The van der Waals surface area contributed by atoms with Crippen LogP contribution in [0, 0.1) is 0 Å². The van der Waals surface area contributed by atoms with Gasteiger partial charge in [0.2, 0.25) is 5.91 Å². The van der Waals surface area contributed by atoms with Gasteiger partial charge in [0, 0.05) is 30.2 Å². The second-order valence-electron chi connectivity index (χ2n) is 4.75. The molecular formula is C12H17N3OS. The van der Waals surface area contributed by atoms with Crippen LogP contribution >= 0.6 is 11.3 Å². The highest BCUT2D eigenvalue weighted by Crippen LogP contribution is 2.22. The van der Waals surface area contributed by atoms with Crippen LogP contribution in [-0.2, 0) is 10.3 Å². The van der Waals surface area contributed by atoms with E-state index in [2.05, 4.69) is 15.6 Å². The Morgan fingerprint density at radius 2 is 2.24 bits per heavy atom. The summed E-state index contributed by atoms with van der Waals surface area (Å²) < 4.78 is 0. The SMILES string of the molecule is CC(C(=O)NC(C)(C)c1nccs1)=C1CNC1. The summed E-state index contributed by atoms with van der Waals surface area (Å²) in [6.45, 7) is 7.48. The van der Waals surface area contributed by atoms with Gasteiger partial charge in [-0.1, -0.05) is 0 Å². The van der Waals surface area contributed by atoms with Gasteiger partial charge in [0.15, 0.2) is 0 Å². The second kappa shape index (κ2) is 4.58. The Kier molecular flexibility index (Phi) is 3.31. The van der Waals surface area contributed by atoms with Crippen molar-refractivity contribution in [3.8, 4) is 0 Å². The van der Waals surface area contributed by atoms with Crippen molar-refractivity contribution in [2.24, 2.45) is 0 Å². The zero-order valence-corrected chi connectivity index (χ0v) is 11.1. The van der Waals surface area contributed by atoms with Gasteiger partial charge >= 0.3 is 0 Å². The Hall–Kier alpha value is -1.20. The highest BCUT2D eigenvalue weighted by atomic mass is 32.1. The number of nitrogens with one attached hydrogen (secondary N) is 2. The Bertz CT molecular complexity index is 442. The molecule has 0 radical (unpaired) electrons. The van der Waals surface area contributed by atoms with Crippen LogP contribution in [0.2, 0.25) is 0 Å². The number of amides is 1. The van der Waals surface area contributed by atoms with Crippen LogP contribution < -0.4 is 10.6 Å². The van der Waals surface area contributed by atoms with E-state index in [1.807, 2.05) is 26.2 Å². The number of hydrogen-bond acceptors (Lipinski definition) is 4. The molecule has 0 saturated carbocycles. The van der Waals surface area contributed by atoms with Gasteiger partial charge in [0.1, 0.15) is 5.01 Å². The molecule has 0 spiro atoms. The summed E-state index contributed by atoms with van der Waals surface area (Å²) in [6, 6.07) is 0. The van der Waals surface area contributed by atoms with Gasteiger partial charge in [-0.3, -0.25) is 4.79 Å². The van der Waals surface area contributed by atoms with Crippen LogP contribution in [0.15, 0.2) is 22.7 Å². The van der Waals surface area contributed by atoms with Crippen molar-refractivity contribution in [3.63, 3.8) is 0 Å². The maximum absolute atomic E-state index is 12.1. The van der Waals surface area contributed by atoms with Crippen molar-refractivity contribution in [1.29, 1.82) is 0 Å². The minimum atomic E-state index is -0.412. The van der Waals surface area contributed by atoms with Crippen molar-refractivity contribution in [2.75, 3.05) is 13.1 Å². The van der Waals surface area contributed by atoms with Crippen LogP contribution in [0.1, 0.15) is 25.8 Å². The largest absolute Gasteiger partial charge is 0.341 e. The number of rotatable bonds is 3. The summed E-state index contributed by atoms with van der Waals surface area (Å²) in [5.41, 5.74) is 1.61. The maximum Gasteiger partial charge on any atom is 0.247 e. The molecule has 17 heavy (non-hydrogen) atoms. The van der Waals surface area contributed by atoms with Gasteiger partial charge in [-0.05, 0) is 26.3 Å². The number of hydrogen-bond donors (Lipinski definition) is 2. The van der Waals surface area contributed by atoms with E-state index in [1.54, 1.807) is 17.5 Å². The van der Waals surface area contributed by atoms with Crippen LogP contribution in [0.25, 0.3) is 0 Å². The standard InChI is InChI=1S/C12H17N3OS/c1-8(9-6-13-7-9)10(16)15-12(2,3)11-14-4-5-17-11/h4-5,13H,6-7H2,1-3H3,(H,15,16). The van der Waals surface area contributed by atoms with E-state index in [0.717, 1.165) is 23.7 Å². The van der Waals surface area contributed by atoms with E-state index < -0.39 is 5.54 Å². The normalized spacial score (nSPS) is 15.4. The van der Waals surface area contributed by atoms with Crippen LogP contribution in [0.3, 0.4) is 0 Å². The number of carbonyl (C=O) groups is 1. The molecule has 1 amide bonds. The molecule has 92 valence electrons. The molecule has 4 nitrogen and oxygen atoms in total. The summed E-state index contributed by atoms with van der Waals surface area (Å²) >= 11 is 1.56. The summed E-state index contributed by atoms with van der Waals surface area (Å²) in [5, 5.41) is 9.02. The molecule has 0 bridgehead atoms. The summed E-state index contributed by atoms with van der Waals surface area (Å²) in [6.07, 6.45) is 1.76. The summed E-state index contributed by atoms with van der Waals surface area (Å²) in [4.78, 5) is 16.3. The molecule has 2 heterocycles. The van der Waals surface area contributed by atoms with Crippen molar-refractivity contribution in [2.45, 2.75) is 26.3 Å². The average Bonchev–Trinajstić information content (AvgIpc) is 2.66. The first-order valence-corrected chi connectivity index (χ1v) is 6.50. The van der Waals surface area contributed by atoms with Crippen LogP contribution in [0.5, 0.6) is 0 Å². The predicted molar refractivity (Wildman–Crippen MR) is 68.9 cm³/mol. The molecule has 1 aromatic heterocycles. The highest BCUT2D eigenvalue weighted by molar-refractivity contribution is 7.09. The Morgan fingerprint density at radius 1 is 1.53 bits per heavy atom. The Morgan fingerprint density at radius 3 is 2.71 bits per heavy atom. The molecule has 0 unspecified atom stereocenters. The molecule has 0 atom stereocenters. The van der Waals surface area contributed by atoms with E-state index in [-0.39, 0.29) is 5.91 Å². The number of thiazole rings is 1. The molecule has 1 fully saturated rings. The quantitative estimate of drug-likeness (QED) is 0.799. The molecule has 1 saturated heterocycles. The number of nitrogens with zero attached hydrogens (tertiary/aromatic N) is 1. The van der Waals surface area contributed by atoms with E-state index >= 15 is 0 Å². The minimum Gasteiger partial charge on any atom is -0.341 e. The third kappa shape index (κ3) is 2.56. The predicted octanol–water partition coefficient (Wildman–Crippen LogP) is 1.41. The van der Waals surface area contributed by atoms with Gasteiger partial charge in [-0.15, -0.1) is 11.3 Å². The van der Waals surface area contributed by atoms with E-state index in [4.69, 9.17) is 0 Å². The molecule has 1 aliphatic heterocycles. The molecule has 1 aliphatic rings. The molecule has 2 rings (SSSR count). The first-order valence-electron chi connectivity index (χ1n) is 5.62. The van der Waals surface area contributed by atoms with Gasteiger partial charge in [-0.2, -0.15) is 0 Å². The lowest BCUT2D eigenvalue weighted by Crippen LogP contribution is -2.43. The third-order valence-corrected chi connectivity index (χ3v) is 4.04. The Labute approximate surface area is 105 Å². The van der Waals surface area contributed by atoms with E-state index in [1.165, 1.54) is 5.57 Å². The zero-order chi connectivity index (χ0) is 12.5. The van der Waals surface area contributed by atoms with E-state index in [0.29, 0.717) is 0 Å². The fraction of sp³-hybridized carbons (Fsp3) is 0.500. The second-order valence-corrected chi connectivity index (χ2v) is 5.64. The lowest BCUT2D eigenvalue weighted by Gasteiger charge is -2.26. The van der Waals surface area contributed by atoms with Gasteiger partial charge in [-0.25, -0.2) is 4.98 Å². The van der Waals surface area contributed by atoms with Gasteiger partial charge in [0.25, 0.3) is 0 Å². The Balaban J connectivity index is 2.08. The van der Waals surface area contributed by atoms with Gasteiger partial charge < -0.3 is 10.6 Å². The number of carbonyl (C=O) groups excluding carboxylic acids is 1. The third-order valence-electron chi connectivity index (χ3n) is 2.94. The lowest BCUT2D eigenvalue weighted by atomic mass is 10.0. The van der Waals surface area contributed by atoms with Crippen molar-refractivity contribution in [3.05, 3.63) is 27.7 Å². The maximum atomic E-state index is 12.1. The molecule has 2 N–H and O–H groups in total. The van der Waals surface area contributed by atoms with E-state index in [9.17, 15) is 4.79 Å². The molecule has 5 heteroatoms. The lowest BCUT2D eigenvalue weighted by molar-refractivity contribution is -0.119. The monoisotopic (exact) mass is 251 g/mol. The first kappa shape index (κ1) is 12.3. The fourth-order valence-electron chi connectivity index (χ4n) is 1.64. The summed E-state index contributed by atoms with van der Waals surface area (Å²) in [5.74, 6) is 0.00157. The summed E-state index contributed by atoms with van der Waals surface area (Å²) in [7, 11) is 0. The van der Waals surface area contributed by atoms with Crippen LogP contribution in [0.4, 0.5) is 0 Å². The van der Waals surface area contributed by atoms with Crippen molar-refractivity contribution < 1.29 is 4.79 Å². The van der Waals surface area contributed by atoms with Crippen LogP contribution in [-0.4, -0.2) is 24.0 Å². The fourth-order valence-corrected chi connectivity index (χ4v) is 2.36. The molecule has 0 aliphatic carbocycles. The first-order chi connectivity index (χ1) is 8.00. The highest BCUT2D eigenvalue weighted by Gasteiger charge is 2.27.